The zero-order valence-electron chi connectivity index (χ0n) is 23.6. The van der Waals surface area contributed by atoms with E-state index in [0.29, 0.717) is 39.9 Å². The van der Waals surface area contributed by atoms with E-state index >= 15 is 0 Å². The van der Waals surface area contributed by atoms with Crippen molar-refractivity contribution >= 4 is 33.1 Å². The molecule has 9 nitrogen and oxygen atoms in total. The van der Waals surface area contributed by atoms with Crippen molar-refractivity contribution in [3.8, 4) is 11.5 Å². The molecule has 1 aromatic heterocycles. The molecule has 1 fully saturated rings. The predicted octanol–water partition coefficient (Wildman–Crippen LogP) is 4.22. The van der Waals surface area contributed by atoms with Crippen LogP contribution in [0.15, 0.2) is 42.5 Å². The first kappa shape index (κ1) is 30.6. The Morgan fingerprint density at radius 1 is 1.10 bits per heavy atom. The van der Waals surface area contributed by atoms with E-state index in [2.05, 4.69) is 4.98 Å². The minimum atomic E-state index is -3.92. The number of amides is 1. The molecular weight excluding hydrogens is 569 g/mol. The van der Waals surface area contributed by atoms with Crippen molar-refractivity contribution in [1.29, 1.82) is 0 Å². The molecule has 1 aliphatic heterocycles. The van der Waals surface area contributed by atoms with Crippen molar-refractivity contribution in [3.05, 3.63) is 74.7 Å². The van der Waals surface area contributed by atoms with Gasteiger partial charge in [0.05, 0.1) is 20.8 Å². The summed E-state index contributed by atoms with van der Waals surface area (Å²) in [6.45, 7) is 3.63. The second-order valence-electron chi connectivity index (χ2n) is 9.93. The van der Waals surface area contributed by atoms with Crippen molar-refractivity contribution in [1.82, 2.24) is 14.2 Å². The zero-order chi connectivity index (χ0) is 29.7. The highest BCUT2D eigenvalue weighted by Gasteiger charge is 2.37. The highest BCUT2D eigenvalue weighted by Crippen LogP contribution is 2.31. The maximum atomic E-state index is 13.8. The summed E-state index contributed by atoms with van der Waals surface area (Å²) in [5, 5.41) is 0.509. The molecular formula is C29H34FN3O6S2. The number of rotatable bonds is 13. The Bertz CT molecular complexity index is 1480. The van der Waals surface area contributed by atoms with Gasteiger partial charge in [0, 0.05) is 35.6 Å². The number of benzene rings is 2. The number of Topliss-reactive ketones (excluding diaryl/α,β-unsaturated/α-hetero) is 1. The molecule has 0 N–H and O–H groups in total. The lowest BCUT2D eigenvalue weighted by Gasteiger charge is -2.32. The number of hydrogen-bond acceptors (Lipinski definition) is 8. The van der Waals surface area contributed by atoms with Gasteiger partial charge < -0.3 is 14.4 Å². The third kappa shape index (κ3) is 7.30. The second-order valence-corrected chi connectivity index (χ2v) is 13.2. The van der Waals surface area contributed by atoms with Gasteiger partial charge in [-0.25, -0.2) is 17.8 Å². The number of nitrogens with zero attached hydrogens (tertiary/aromatic N) is 3. The van der Waals surface area contributed by atoms with Gasteiger partial charge in [0.15, 0.2) is 5.78 Å². The fourth-order valence-corrected chi connectivity index (χ4v) is 7.04. The number of ether oxygens (including phenoxy) is 2. The first-order valence-corrected chi connectivity index (χ1v) is 15.6. The third-order valence-corrected chi connectivity index (χ3v) is 9.63. The SMILES string of the molecule is COc1cc(C(=O)N(CCCc2ccccc2)Cc2nc(C(=O)CS(=O)(=O)N3CC(F)C3)c(C)s2)cc(OC)c1C. The molecule has 2 aromatic carbocycles. The molecule has 0 atom stereocenters. The van der Waals surface area contributed by atoms with Crippen molar-refractivity contribution in [2.75, 3.05) is 39.6 Å². The minimum absolute atomic E-state index is 0.0567. The summed E-state index contributed by atoms with van der Waals surface area (Å²) in [6, 6.07) is 13.3. The predicted molar refractivity (Wildman–Crippen MR) is 155 cm³/mol. The lowest BCUT2D eigenvalue weighted by atomic mass is 10.1. The van der Waals surface area contributed by atoms with Crippen molar-refractivity contribution in [3.63, 3.8) is 0 Å². The summed E-state index contributed by atoms with van der Waals surface area (Å²) in [5.74, 6) is -0.625. The Morgan fingerprint density at radius 2 is 1.73 bits per heavy atom. The molecule has 12 heteroatoms. The fourth-order valence-electron chi connectivity index (χ4n) is 4.65. The van der Waals surface area contributed by atoms with Crippen LogP contribution in [0, 0.1) is 13.8 Å². The Hall–Kier alpha value is -3.35. The standard InChI is InChI=1S/C29H34FN3O6S2/c1-19-25(38-3)13-22(14-26(19)39-4)29(35)32(12-8-11-21-9-6-5-7-10-21)17-27-31-28(20(2)40-27)24(34)18-41(36,37)33-15-23(30)16-33/h5-7,9-10,13-14,23H,8,11-12,15-18H2,1-4H3. The Morgan fingerprint density at radius 3 is 2.32 bits per heavy atom. The van der Waals surface area contributed by atoms with Gasteiger partial charge in [-0.15, -0.1) is 11.3 Å². The van der Waals surface area contributed by atoms with Crippen LogP contribution >= 0.6 is 11.3 Å². The molecule has 220 valence electrons. The van der Waals surface area contributed by atoms with Crippen LogP contribution in [0.2, 0.25) is 0 Å². The van der Waals surface area contributed by atoms with Gasteiger partial charge in [0.2, 0.25) is 10.0 Å². The van der Waals surface area contributed by atoms with Gasteiger partial charge in [-0.3, -0.25) is 9.59 Å². The molecule has 2 heterocycles. The number of thiazole rings is 1. The molecule has 0 saturated carbocycles. The number of aryl methyl sites for hydroxylation is 2. The monoisotopic (exact) mass is 603 g/mol. The third-order valence-electron chi connectivity index (χ3n) is 6.96. The van der Waals surface area contributed by atoms with Crippen LogP contribution in [0.5, 0.6) is 11.5 Å². The number of carbonyl (C=O) groups is 2. The summed E-state index contributed by atoms with van der Waals surface area (Å²) >= 11 is 1.24. The number of aromatic nitrogens is 1. The number of methoxy groups -OCH3 is 2. The number of halogens is 1. The van der Waals surface area contributed by atoms with Crippen LogP contribution in [0.25, 0.3) is 0 Å². The van der Waals surface area contributed by atoms with Gasteiger partial charge in [-0.1, -0.05) is 30.3 Å². The summed E-state index contributed by atoms with van der Waals surface area (Å²) in [5.41, 5.74) is 2.37. The van der Waals surface area contributed by atoms with Crippen LogP contribution < -0.4 is 9.47 Å². The number of sulfonamides is 1. The first-order chi connectivity index (χ1) is 19.5. The highest BCUT2D eigenvalue weighted by molar-refractivity contribution is 7.89. The van der Waals surface area contributed by atoms with Crippen LogP contribution in [0.4, 0.5) is 4.39 Å². The molecule has 41 heavy (non-hydrogen) atoms. The van der Waals surface area contributed by atoms with E-state index in [4.69, 9.17) is 9.47 Å². The average Bonchev–Trinajstić information content (AvgIpc) is 3.30. The minimum Gasteiger partial charge on any atom is -0.496 e. The Labute approximate surface area is 244 Å². The first-order valence-electron chi connectivity index (χ1n) is 13.2. The van der Waals surface area contributed by atoms with Crippen LogP contribution in [-0.2, 0) is 23.0 Å². The van der Waals surface area contributed by atoms with Gasteiger partial charge in [-0.05, 0) is 44.4 Å². The van der Waals surface area contributed by atoms with E-state index in [1.165, 1.54) is 25.6 Å². The zero-order valence-corrected chi connectivity index (χ0v) is 25.2. The molecule has 0 radical (unpaired) electrons. The van der Waals surface area contributed by atoms with Crippen LogP contribution in [0.3, 0.4) is 0 Å². The van der Waals surface area contributed by atoms with Crippen molar-refractivity contribution in [2.24, 2.45) is 0 Å². The van der Waals surface area contributed by atoms with E-state index in [9.17, 15) is 22.4 Å². The van der Waals surface area contributed by atoms with Gasteiger partial charge >= 0.3 is 0 Å². The van der Waals surface area contributed by atoms with Crippen LogP contribution in [0.1, 0.15) is 48.3 Å². The fraction of sp³-hybridized carbons (Fsp3) is 0.414. The lowest BCUT2D eigenvalue weighted by Crippen LogP contribution is -2.52. The molecule has 4 rings (SSSR count). The highest BCUT2D eigenvalue weighted by atomic mass is 32.2. The van der Waals surface area contributed by atoms with E-state index in [-0.39, 0.29) is 31.2 Å². The maximum absolute atomic E-state index is 13.8. The van der Waals surface area contributed by atoms with Gasteiger partial charge in [-0.2, -0.15) is 4.31 Å². The normalized spacial score (nSPS) is 14.0. The largest absolute Gasteiger partial charge is 0.496 e. The van der Waals surface area contributed by atoms with Crippen molar-refractivity contribution < 1.29 is 31.9 Å². The molecule has 1 saturated heterocycles. The smallest absolute Gasteiger partial charge is 0.254 e. The Balaban J connectivity index is 1.55. The topological polar surface area (TPSA) is 106 Å². The van der Waals surface area contributed by atoms with Gasteiger partial charge in [0.1, 0.15) is 34.1 Å². The molecule has 0 spiro atoms. The van der Waals surface area contributed by atoms with Crippen LogP contribution in [-0.4, -0.2) is 80.1 Å². The Kier molecular flexibility index (Phi) is 9.77. The number of alkyl halides is 1. The quantitative estimate of drug-likeness (QED) is 0.270. The summed E-state index contributed by atoms with van der Waals surface area (Å²) in [7, 11) is -0.858. The number of carbonyl (C=O) groups excluding carboxylic acids is 2. The molecule has 0 unspecified atom stereocenters. The molecule has 1 aliphatic rings. The van der Waals surface area contributed by atoms with E-state index < -0.39 is 27.7 Å². The molecule has 3 aromatic rings. The lowest BCUT2D eigenvalue weighted by molar-refractivity contribution is 0.0740. The number of hydrogen-bond donors (Lipinski definition) is 0. The van der Waals surface area contributed by atoms with E-state index in [1.54, 1.807) is 24.0 Å². The van der Waals surface area contributed by atoms with E-state index in [0.717, 1.165) is 21.9 Å². The van der Waals surface area contributed by atoms with E-state index in [1.807, 2.05) is 37.3 Å². The van der Waals surface area contributed by atoms with Gasteiger partial charge in [0.25, 0.3) is 5.91 Å². The molecule has 0 aliphatic carbocycles. The maximum Gasteiger partial charge on any atom is 0.254 e. The average molecular weight is 604 g/mol. The molecule has 0 bridgehead atoms. The summed E-state index contributed by atoms with van der Waals surface area (Å²) < 4.78 is 50.0. The van der Waals surface area contributed by atoms with Crippen molar-refractivity contribution in [2.45, 2.75) is 39.4 Å². The summed E-state index contributed by atoms with van der Waals surface area (Å²) in [4.78, 5) is 33.4. The summed E-state index contributed by atoms with van der Waals surface area (Å²) in [6.07, 6.45) is 0.251. The number of ketones is 1. The molecule has 1 amide bonds. The second kappa shape index (κ2) is 13.1.